The van der Waals surface area contributed by atoms with Crippen LogP contribution in [0.4, 0.5) is 13.2 Å². The van der Waals surface area contributed by atoms with E-state index in [0.717, 1.165) is 61.8 Å². The van der Waals surface area contributed by atoms with Gasteiger partial charge in [0.05, 0.1) is 38.3 Å². The topological polar surface area (TPSA) is 62.9 Å². The van der Waals surface area contributed by atoms with E-state index in [1.165, 1.54) is 12.1 Å². The second kappa shape index (κ2) is 10.8. The zero-order valence-corrected chi connectivity index (χ0v) is 20.9. The van der Waals surface area contributed by atoms with Crippen LogP contribution in [0.1, 0.15) is 22.5 Å². The lowest BCUT2D eigenvalue weighted by Crippen LogP contribution is -2.45. The molecule has 1 N–H and O–H groups in total. The Morgan fingerprint density at radius 1 is 0.833 bits per heavy atom. The highest BCUT2D eigenvalue weighted by atomic mass is 19.4. The van der Waals surface area contributed by atoms with Crippen molar-refractivity contribution in [1.29, 1.82) is 0 Å². The zero-order valence-electron chi connectivity index (χ0n) is 20.9. The Kier molecular flexibility index (Phi) is 7.75. The molecule has 10 heteroatoms. The van der Waals surface area contributed by atoms with Crippen molar-refractivity contribution in [2.24, 2.45) is 0 Å². The molecule has 0 atom stereocenters. The number of hydrogen-bond donors (Lipinski definition) is 1. The fourth-order valence-corrected chi connectivity index (χ4v) is 4.46. The molecule has 1 fully saturated rings. The molecule has 0 spiro atoms. The number of benzene rings is 2. The highest BCUT2D eigenvalue weighted by Gasteiger charge is 2.30. The van der Waals surface area contributed by atoms with Crippen molar-refractivity contribution in [1.82, 2.24) is 19.8 Å². The van der Waals surface area contributed by atoms with Crippen LogP contribution in [0.2, 0.25) is 0 Å². The van der Waals surface area contributed by atoms with Crippen LogP contribution in [0, 0.1) is 6.92 Å². The maximum absolute atomic E-state index is 12.9. The van der Waals surface area contributed by atoms with Gasteiger partial charge in [-0.3, -0.25) is 9.80 Å². The Labute approximate surface area is 208 Å². The molecule has 0 saturated carbocycles. The molecule has 2 aromatic carbocycles. The smallest absolute Gasteiger partial charge is 0.416 e. The maximum atomic E-state index is 12.9. The van der Waals surface area contributed by atoms with Gasteiger partial charge in [0.15, 0.2) is 11.5 Å². The maximum Gasteiger partial charge on any atom is 0.416 e. The molecule has 0 amide bonds. The Bertz CT molecular complexity index is 1170. The van der Waals surface area contributed by atoms with E-state index in [1.807, 2.05) is 19.1 Å². The summed E-state index contributed by atoms with van der Waals surface area (Å²) in [6, 6.07) is 8.96. The van der Waals surface area contributed by atoms with E-state index < -0.39 is 11.7 Å². The van der Waals surface area contributed by atoms with E-state index in [9.17, 15) is 13.2 Å². The van der Waals surface area contributed by atoms with Crippen molar-refractivity contribution in [2.45, 2.75) is 26.2 Å². The number of ether oxygens (including phenoxy) is 3. The molecule has 0 radical (unpaired) electrons. The number of methoxy groups -OCH3 is 3. The fourth-order valence-electron chi connectivity index (χ4n) is 4.46. The third kappa shape index (κ3) is 5.60. The second-order valence-corrected chi connectivity index (χ2v) is 8.77. The van der Waals surface area contributed by atoms with Gasteiger partial charge in [-0.2, -0.15) is 13.2 Å². The minimum absolute atomic E-state index is 0.579. The molecule has 1 aliphatic heterocycles. The number of rotatable bonds is 8. The number of piperazine rings is 1. The lowest BCUT2D eigenvalue weighted by Gasteiger charge is -2.34. The van der Waals surface area contributed by atoms with E-state index in [-0.39, 0.29) is 0 Å². The van der Waals surface area contributed by atoms with Gasteiger partial charge in [0, 0.05) is 50.4 Å². The van der Waals surface area contributed by atoms with Crippen LogP contribution in [-0.4, -0.2) is 67.3 Å². The SMILES string of the molecule is COc1ccc(CN2CCN(Cc3[nH]c(-c4ccc(C(F)(F)F)cc4)nc3C)CC2)c(OC)c1OC. The van der Waals surface area contributed by atoms with Crippen LogP contribution in [0.25, 0.3) is 11.4 Å². The number of aromatic amines is 1. The Hall–Kier alpha value is -3.24. The lowest BCUT2D eigenvalue weighted by molar-refractivity contribution is -0.137. The first-order valence-electron chi connectivity index (χ1n) is 11.7. The molecule has 0 unspecified atom stereocenters. The van der Waals surface area contributed by atoms with Crippen molar-refractivity contribution < 1.29 is 27.4 Å². The Balaban J connectivity index is 1.37. The van der Waals surface area contributed by atoms with E-state index in [4.69, 9.17) is 14.2 Å². The van der Waals surface area contributed by atoms with Gasteiger partial charge in [-0.15, -0.1) is 0 Å². The van der Waals surface area contributed by atoms with Gasteiger partial charge >= 0.3 is 6.18 Å². The molecule has 1 aromatic heterocycles. The van der Waals surface area contributed by atoms with Crippen LogP contribution in [0.5, 0.6) is 17.2 Å². The van der Waals surface area contributed by atoms with Crippen LogP contribution >= 0.6 is 0 Å². The van der Waals surface area contributed by atoms with E-state index >= 15 is 0 Å². The molecule has 4 rings (SSSR count). The second-order valence-electron chi connectivity index (χ2n) is 8.77. The van der Waals surface area contributed by atoms with Gasteiger partial charge in [0.25, 0.3) is 0 Å². The standard InChI is InChI=1S/C26H31F3N4O3/c1-17-21(31-25(30-17)18-5-8-20(9-6-18)26(27,28)29)16-33-13-11-32(12-14-33)15-19-7-10-22(34-2)24(36-4)23(19)35-3/h5-10H,11-16H2,1-4H3,(H,30,31). The number of aryl methyl sites for hydroxylation is 1. The first-order valence-corrected chi connectivity index (χ1v) is 11.7. The molecule has 0 bridgehead atoms. The summed E-state index contributed by atoms with van der Waals surface area (Å²) in [5, 5.41) is 0. The molecule has 7 nitrogen and oxygen atoms in total. The van der Waals surface area contributed by atoms with Crippen molar-refractivity contribution in [2.75, 3.05) is 47.5 Å². The summed E-state index contributed by atoms with van der Waals surface area (Å²) in [5.74, 6) is 2.49. The number of imidazole rings is 1. The lowest BCUT2D eigenvalue weighted by atomic mass is 10.1. The van der Waals surface area contributed by atoms with Crippen LogP contribution in [0.15, 0.2) is 36.4 Å². The van der Waals surface area contributed by atoms with E-state index in [1.54, 1.807) is 21.3 Å². The first-order chi connectivity index (χ1) is 17.2. The summed E-state index contributed by atoms with van der Waals surface area (Å²) in [4.78, 5) is 12.6. The summed E-state index contributed by atoms with van der Waals surface area (Å²) >= 11 is 0. The van der Waals surface area contributed by atoms with Crippen molar-refractivity contribution in [3.05, 3.63) is 58.9 Å². The number of H-pyrrole nitrogens is 1. The third-order valence-corrected chi connectivity index (χ3v) is 6.50. The Morgan fingerprint density at radius 3 is 2.00 bits per heavy atom. The third-order valence-electron chi connectivity index (χ3n) is 6.50. The van der Waals surface area contributed by atoms with Gasteiger partial charge in [-0.25, -0.2) is 4.98 Å². The molecule has 0 aliphatic carbocycles. The number of alkyl halides is 3. The average Bonchev–Trinajstić information content (AvgIpc) is 3.24. The summed E-state index contributed by atoms with van der Waals surface area (Å²) in [6.07, 6.45) is -4.35. The summed E-state index contributed by atoms with van der Waals surface area (Å²) in [5.41, 5.74) is 2.82. The number of nitrogens with one attached hydrogen (secondary N) is 1. The quantitative estimate of drug-likeness (QED) is 0.478. The van der Waals surface area contributed by atoms with Crippen molar-refractivity contribution >= 4 is 0 Å². The monoisotopic (exact) mass is 504 g/mol. The molecular weight excluding hydrogens is 473 g/mol. The van der Waals surface area contributed by atoms with Crippen molar-refractivity contribution in [3.63, 3.8) is 0 Å². The van der Waals surface area contributed by atoms with Crippen LogP contribution < -0.4 is 14.2 Å². The first kappa shape index (κ1) is 25.8. The molecule has 1 aliphatic rings. The number of aromatic nitrogens is 2. The molecule has 3 aromatic rings. The number of hydrogen-bond acceptors (Lipinski definition) is 6. The summed E-state index contributed by atoms with van der Waals surface area (Å²) in [7, 11) is 4.83. The van der Waals surface area contributed by atoms with E-state index in [2.05, 4.69) is 19.8 Å². The highest BCUT2D eigenvalue weighted by molar-refractivity contribution is 5.57. The highest BCUT2D eigenvalue weighted by Crippen LogP contribution is 2.40. The number of halogens is 3. The molecular formula is C26H31F3N4O3. The van der Waals surface area contributed by atoms with Gasteiger partial charge in [-0.05, 0) is 25.1 Å². The zero-order chi connectivity index (χ0) is 25.9. The fraction of sp³-hybridized carbons (Fsp3) is 0.423. The average molecular weight is 505 g/mol. The predicted molar refractivity (Wildman–Crippen MR) is 130 cm³/mol. The largest absolute Gasteiger partial charge is 0.493 e. The Morgan fingerprint density at radius 2 is 1.44 bits per heavy atom. The molecule has 194 valence electrons. The predicted octanol–water partition coefficient (Wildman–Crippen LogP) is 4.75. The van der Waals surface area contributed by atoms with Crippen LogP contribution in [-0.2, 0) is 19.3 Å². The van der Waals surface area contributed by atoms with Gasteiger partial charge < -0.3 is 19.2 Å². The van der Waals surface area contributed by atoms with Gasteiger partial charge in [0.1, 0.15) is 5.82 Å². The molecule has 2 heterocycles. The van der Waals surface area contributed by atoms with Gasteiger partial charge in [0.2, 0.25) is 5.75 Å². The molecule has 1 saturated heterocycles. The van der Waals surface area contributed by atoms with Crippen molar-refractivity contribution in [3.8, 4) is 28.6 Å². The van der Waals surface area contributed by atoms with E-state index in [0.29, 0.717) is 35.2 Å². The normalized spacial score (nSPS) is 15.2. The summed E-state index contributed by atoms with van der Waals surface area (Å²) < 4.78 is 55.1. The van der Waals surface area contributed by atoms with Crippen LogP contribution in [0.3, 0.4) is 0 Å². The minimum Gasteiger partial charge on any atom is -0.493 e. The van der Waals surface area contributed by atoms with Gasteiger partial charge in [-0.1, -0.05) is 18.2 Å². The molecule has 36 heavy (non-hydrogen) atoms. The minimum atomic E-state index is -4.35. The number of nitrogens with zero attached hydrogens (tertiary/aromatic N) is 3. The summed E-state index contributed by atoms with van der Waals surface area (Å²) in [6.45, 7) is 6.88.